The van der Waals surface area contributed by atoms with Crippen LogP contribution in [0.4, 0.5) is 0 Å². The van der Waals surface area contributed by atoms with Gasteiger partial charge in [-0.25, -0.2) is 0 Å². The number of piperidine rings is 1. The molecular formula is C14H28N2OS. The SMILES string of the molecule is CNCC1CCN(C(=O)CSCCC(C)C)CC1. The van der Waals surface area contributed by atoms with E-state index in [0.29, 0.717) is 11.7 Å². The van der Waals surface area contributed by atoms with E-state index in [1.54, 1.807) is 11.8 Å². The molecule has 0 spiro atoms. The number of rotatable bonds is 7. The van der Waals surface area contributed by atoms with Crippen LogP contribution in [0.25, 0.3) is 0 Å². The van der Waals surface area contributed by atoms with Crippen molar-refractivity contribution in [3.63, 3.8) is 0 Å². The summed E-state index contributed by atoms with van der Waals surface area (Å²) in [7, 11) is 2.00. The Morgan fingerprint density at radius 3 is 2.61 bits per heavy atom. The molecule has 1 saturated heterocycles. The molecule has 0 aromatic heterocycles. The maximum Gasteiger partial charge on any atom is 0.232 e. The van der Waals surface area contributed by atoms with Gasteiger partial charge in [-0.15, -0.1) is 0 Å². The minimum absolute atomic E-state index is 0.340. The van der Waals surface area contributed by atoms with Crippen molar-refractivity contribution in [3.8, 4) is 0 Å². The molecule has 1 heterocycles. The van der Waals surface area contributed by atoms with Crippen molar-refractivity contribution in [3.05, 3.63) is 0 Å². The van der Waals surface area contributed by atoms with Crippen LogP contribution in [0.1, 0.15) is 33.1 Å². The second-order valence-corrected chi connectivity index (χ2v) is 6.72. The molecule has 1 rings (SSSR count). The topological polar surface area (TPSA) is 32.3 Å². The van der Waals surface area contributed by atoms with Gasteiger partial charge in [-0.1, -0.05) is 13.8 Å². The number of nitrogens with one attached hydrogen (secondary N) is 1. The lowest BCUT2D eigenvalue weighted by Crippen LogP contribution is -2.41. The predicted octanol–water partition coefficient (Wildman–Crippen LogP) is 2.22. The monoisotopic (exact) mass is 272 g/mol. The average Bonchev–Trinajstić information content (AvgIpc) is 2.35. The van der Waals surface area contributed by atoms with Crippen LogP contribution in [0.5, 0.6) is 0 Å². The summed E-state index contributed by atoms with van der Waals surface area (Å²) in [6.45, 7) is 7.46. The van der Waals surface area contributed by atoms with Crippen molar-refractivity contribution >= 4 is 17.7 Å². The van der Waals surface area contributed by atoms with Gasteiger partial charge in [-0.05, 0) is 50.4 Å². The predicted molar refractivity (Wildman–Crippen MR) is 80.0 cm³/mol. The number of likely N-dealkylation sites (tertiary alicyclic amines) is 1. The first kappa shape index (κ1) is 15.8. The van der Waals surface area contributed by atoms with E-state index in [-0.39, 0.29) is 0 Å². The van der Waals surface area contributed by atoms with Crippen LogP contribution in [0.3, 0.4) is 0 Å². The zero-order valence-corrected chi connectivity index (χ0v) is 12.9. The molecule has 1 fully saturated rings. The summed E-state index contributed by atoms with van der Waals surface area (Å²) >= 11 is 1.79. The van der Waals surface area contributed by atoms with E-state index >= 15 is 0 Å². The van der Waals surface area contributed by atoms with Crippen molar-refractivity contribution in [1.82, 2.24) is 10.2 Å². The first-order valence-electron chi connectivity index (χ1n) is 7.13. The molecule has 1 aliphatic heterocycles. The first-order valence-corrected chi connectivity index (χ1v) is 8.29. The summed E-state index contributed by atoms with van der Waals surface area (Å²) < 4.78 is 0. The highest BCUT2D eigenvalue weighted by Crippen LogP contribution is 2.17. The van der Waals surface area contributed by atoms with Crippen LogP contribution in [0.15, 0.2) is 0 Å². The molecule has 1 amide bonds. The summed E-state index contributed by atoms with van der Waals surface area (Å²) in [5, 5.41) is 3.23. The molecule has 18 heavy (non-hydrogen) atoms. The molecule has 0 atom stereocenters. The van der Waals surface area contributed by atoms with Gasteiger partial charge in [0.2, 0.25) is 5.91 Å². The van der Waals surface area contributed by atoms with Crippen LogP contribution in [0, 0.1) is 11.8 Å². The molecule has 0 aromatic rings. The number of hydrogen-bond acceptors (Lipinski definition) is 3. The fourth-order valence-electron chi connectivity index (χ4n) is 2.24. The van der Waals surface area contributed by atoms with Crippen molar-refractivity contribution in [2.45, 2.75) is 33.1 Å². The van der Waals surface area contributed by atoms with Crippen molar-refractivity contribution in [2.75, 3.05) is 38.2 Å². The Labute approximate surface area is 116 Å². The van der Waals surface area contributed by atoms with Gasteiger partial charge in [-0.3, -0.25) is 4.79 Å². The van der Waals surface area contributed by atoms with Crippen LogP contribution in [0.2, 0.25) is 0 Å². The highest BCUT2D eigenvalue weighted by Gasteiger charge is 2.21. The smallest absolute Gasteiger partial charge is 0.232 e. The van der Waals surface area contributed by atoms with Gasteiger partial charge in [0.15, 0.2) is 0 Å². The Hall–Kier alpha value is -0.220. The van der Waals surface area contributed by atoms with E-state index in [1.165, 1.54) is 6.42 Å². The highest BCUT2D eigenvalue weighted by atomic mass is 32.2. The largest absolute Gasteiger partial charge is 0.342 e. The van der Waals surface area contributed by atoms with Crippen LogP contribution in [-0.2, 0) is 4.79 Å². The molecular weight excluding hydrogens is 244 g/mol. The summed E-state index contributed by atoms with van der Waals surface area (Å²) in [4.78, 5) is 14.0. The van der Waals surface area contributed by atoms with E-state index in [1.807, 2.05) is 7.05 Å². The van der Waals surface area contributed by atoms with Crippen LogP contribution < -0.4 is 5.32 Å². The van der Waals surface area contributed by atoms with Gasteiger partial charge < -0.3 is 10.2 Å². The van der Waals surface area contributed by atoms with Crippen LogP contribution in [-0.4, -0.2) is 49.0 Å². The van der Waals surface area contributed by atoms with E-state index in [0.717, 1.165) is 50.1 Å². The third-order valence-corrected chi connectivity index (χ3v) is 4.50. The maximum absolute atomic E-state index is 12.0. The van der Waals surface area contributed by atoms with Crippen molar-refractivity contribution < 1.29 is 4.79 Å². The molecule has 0 aromatic carbocycles. The third kappa shape index (κ3) is 6.10. The fourth-order valence-corrected chi connectivity index (χ4v) is 3.38. The quantitative estimate of drug-likeness (QED) is 0.721. The van der Waals surface area contributed by atoms with Gasteiger partial charge >= 0.3 is 0 Å². The lowest BCUT2D eigenvalue weighted by Gasteiger charge is -2.32. The Morgan fingerprint density at radius 2 is 2.06 bits per heavy atom. The molecule has 4 heteroatoms. The van der Waals surface area contributed by atoms with E-state index in [2.05, 4.69) is 24.1 Å². The third-order valence-electron chi connectivity index (χ3n) is 3.53. The number of nitrogens with zero attached hydrogens (tertiary/aromatic N) is 1. The molecule has 3 nitrogen and oxygen atoms in total. The van der Waals surface area contributed by atoms with Gasteiger partial charge in [-0.2, -0.15) is 11.8 Å². The number of hydrogen-bond donors (Lipinski definition) is 1. The Bertz CT molecular complexity index is 238. The standard InChI is InChI=1S/C14H28N2OS/c1-12(2)6-9-18-11-14(17)16-7-4-13(5-8-16)10-15-3/h12-13,15H,4-11H2,1-3H3. The summed E-state index contributed by atoms with van der Waals surface area (Å²) in [6.07, 6.45) is 3.52. The Morgan fingerprint density at radius 1 is 1.39 bits per heavy atom. The second kappa shape index (κ2) is 8.81. The van der Waals surface area contributed by atoms with E-state index in [9.17, 15) is 4.79 Å². The highest BCUT2D eigenvalue weighted by molar-refractivity contribution is 7.99. The lowest BCUT2D eigenvalue weighted by atomic mass is 9.97. The number of thioether (sulfide) groups is 1. The molecule has 0 radical (unpaired) electrons. The fraction of sp³-hybridized carbons (Fsp3) is 0.929. The Balaban J connectivity index is 2.12. The average molecular weight is 272 g/mol. The zero-order valence-electron chi connectivity index (χ0n) is 12.1. The minimum atomic E-state index is 0.340. The lowest BCUT2D eigenvalue weighted by molar-refractivity contribution is -0.129. The zero-order chi connectivity index (χ0) is 13.4. The van der Waals surface area contributed by atoms with Crippen LogP contribution >= 0.6 is 11.8 Å². The molecule has 0 aliphatic carbocycles. The summed E-state index contributed by atoms with van der Waals surface area (Å²) in [5.74, 6) is 3.62. The molecule has 0 bridgehead atoms. The van der Waals surface area contributed by atoms with E-state index in [4.69, 9.17) is 0 Å². The molecule has 0 saturated carbocycles. The number of carbonyl (C=O) groups is 1. The van der Waals surface area contributed by atoms with E-state index < -0.39 is 0 Å². The van der Waals surface area contributed by atoms with Gasteiger partial charge in [0, 0.05) is 13.1 Å². The molecule has 1 N–H and O–H groups in total. The minimum Gasteiger partial charge on any atom is -0.342 e. The summed E-state index contributed by atoms with van der Waals surface area (Å²) in [5.41, 5.74) is 0. The normalized spacial score (nSPS) is 17.4. The van der Waals surface area contributed by atoms with Gasteiger partial charge in [0.25, 0.3) is 0 Å². The van der Waals surface area contributed by atoms with Crippen molar-refractivity contribution in [2.24, 2.45) is 11.8 Å². The summed E-state index contributed by atoms with van der Waals surface area (Å²) in [6, 6.07) is 0. The number of amides is 1. The molecule has 0 unspecified atom stereocenters. The number of carbonyl (C=O) groups excluding carboxylic acids is 1. The first-order chi connectivity index (χ1) is 8.63. The van der Waals surface area contributed by atoms with Crippen molar-refractivity contribution in [1.29, 1.82) is 0 Å². The molecule has 1 aliphatic rings. The maximum atomic E-state index is 12.0. The van der Waals surface area contributed by atoms with Gasteiger partial charge in [0.1, 0.15) is 0 Å². The molecule has 106 valence electrons. The second-order valence-electron chi connectivity index (χ2n) is 5.62. The Kier molecular flexibility index (Phi) is 7.75. The van der Waals surface area contributed by atoms with Gasteiger partial charge in [0.05, 0.1) is 5.75 Å².